The minimum atomic E-state index is -1.84. The van der Waals surface area contributed by atoms with Gasteiger partial charge in [-0.1, -0.05) is 26.0 Å². The zero-order valence-electron chi connectivity index (χ0n) is 46.5. The number of aromatic nitrogens is 3. The Balaban J connectivity index is 1.17. The Morgan fingerprint density at radius 3 is 2.33 bits per heavy atom. The van der Waals surface area contributed by atoms with Crippen molar-refractivity contribution in [3.63, 3.8) is 0 Å². The number of anilines is 1. The van der Waals surface area contributed by atoms with Gasteiger partial charge in [-0.05, 0) is 112 Å². The number of aliphatic hydroxyl groups is 6. The first-order valence-corrected chi connectivity index (χ1v) is 26.8. The number of hydrogen-bond acceptors (Lipinski definition) is 21. The Morgan fingerprint density at radius 1 is 0.973 bits per heavy atom. The van der Waals surface area contributed by atoms with Gasteiger partial charge in [-0.2, -0.15) is 0 Å². The highest BCUT2D eigenvalue weighted by molar-refractivity contribution is 5.73. The molecule has 0 bridgehead atoms. The van der Waals surface area contributed by atoms with E-state index in [0.29, 0.717) is 51.2 Å². The summed E-state index contributed by atoms with van der Waals surface area (Å²) in [4.78, 5) is 18.5. The summed E-state index contributed by atoms with van der Waals surface area (Å²) in [6.45, 7) is 19.5. The van der Waals surface area contributed by atoms with Gasteiger partial charge < -0.3 is 79.0 Å². The van der Waals surface area contributed by atoms with Crippen molar-refractivity contribution < 1.29 is 68.6 Å². The van der Waals surface area contributed by atoms with Crippen molar-refractivity contribution in [2.45, 2.75) is 205 Å². The van der Waals surface area contributed by atoms with Crippen LogP contribution >= 0.6 is 0 Å². The van der Waals surface area contributed by atoms with Gasteiger partial charge in [-0.3, -0.25) is 14.5 Å². The van der Waals surface area contributed by atoms with Gasteiger partial charge in [0.25, 0.3) is 0 Å². The normalized spacial score (nSPS) is 38.9. The SMILES string of the molecule is CC[C@H]1OC(=O)[C@H](C)[C@@H](OC2C[C@@](C)(OC)[C@@H](O)[C@H](C)O2)[C@H](C)[C@@H](O[C@@H]2O[C@H](C)C[C@H](N(C)CCc3cn(CCCOc4ccc(N5C=C(CO)NN5)cc4)nn3)[C@H]2O)[C@](C)(O)C[C@@H](C)CN(C)[C@H](C)[C@@H](O)[C@]1(C)O. The Bertz CT molecular complexity index is 2140. The molecule has 22 heteroatoms. The third kappa shape index (κ3) is 14.8. The number of benzene rings is 1. The number of esters is 1. The fraction of sp³-hybridized carbons (Fsp3) is 0.792. The zero-order chi connectivity index (χ0) is 55.2. The van der Waals surface area contributed by atoms with E-state index in [1.165, 1.54) is 14.0 Å². The monoisotopic (exact) mass is 1060 g/mol. The van der Waals surface area contributed by atoms with Crippen LogP contribution in [0.25, 0.3) is 0 Å². The second kappa shape index (κ2) is 25.9. The topological polar surface area (TPSA) is 268 Å². The summed E-state index contributed by atoms with van der Waals surface area (Å²) in [7, 11) is 5.28. The molecule has 5 heterocycles. The van der Waals surface area contributed by atoms with Gasteiger partial charge in [-0.25, -0.2) is 0 Å². The molecule has 8 N–H and O–H groups in total. The van der Waals surface area contributed by atoms with E-state index in [4.69, 9.17) is 33.2 Å². The number of nitrogens with one attached hydrogen (secondary N) is 2. The Kier molecular flexibility index (Phi) is 21.0. The van der Waals surface area contributed by atoms with Crippen LogP contribution in [0, 0.1) is 17.8 Å². The molecule has 1 unspecified atom stereocenters. The summed E-state index contributed by atoms with van der Waals surface area (Å²) < 4.78 is 46.1. The molecule has 4 aliphatic heterocycles. The molecule has 18 atom stereocenters. The number of carbonyl (C=O) groups excluding carboxylic acids is 1. The molecule has 0 saturated carbocycles. The molecule has 6 rings (SSSR count). The lowest BCUT2D eigenvalue weighted by molar-refractivity contribution is -0.318. The molecule has 0 radical (unpaired) electrons. The second-order valence-electron chi connectivity index (χ2n) is 22.5. The number of nitrogens with zero attached hydrogens (tertiary/aromatic N) is 6. The molecule has 3 saturated heterocycles. The number of aliphatic hydroxyl groups excluding tert-OH is 4. The first-order valence-electron chi connectivity index (χ1n) is 26.8. The zero-order valence-corrected chi connectivity index (χ0v) is 46.5. The molecular weight excluding hydrogens is 973 g/mol. The van der Waals surface area contributed by atoms with E-state index < -0.39 is 102 Å². The van der Waals surface area contributed by atoms with Gasteiger partial charge in [0, 0.05) is 76.4 Å². The van der Waals surface area contributed by atoms with Crippen LogP contribution in [-0.4, -0.2) is 199 Å². The van der Waals surface area contributed by atoms with Crippen molar-refractivity contribution in [1.82, 2.24) is 35.8 Å². The fourth-order valence-electron chi connectivity index (χ4n) is 11.4. The number of rotatable bonds is 17. The summed E-state index contributed by atoms with van der Waals surface area (Å²) >= 11 is 0. The van der Waals surface area contributed by atoms with Crippen LogP contribution in [0.15, 0.2) is 42.4 Å². The van der Waals surface area contributed by atoms with Crippen LogP contribution in [0.1, 0.15) is 107 Å². The number of hydrazine groups is 2. The van der Waals surface area contributed by atoms with Crippen LogP contribution in [0.4, 0.5) is 5.69 Å². The minimum Gasteiger partial charge on any atom is -0.494 e. The highest BCUT2D eigenvalue weighted by Crippen LogP contribution is 2.40. The van der Waals surface area contributed by atoms with Crippen molar-refractivity contribution in [3.8, 4) is 5.75 Å². The van der Waals surface area contributed by atoms with E-state index >= 15 is 0 Å². The minimum absolute atomic E-state index is 0.0932. The highest BCUT2D eigenvalue weighted by atomic mass is 16.7. The maximum Gasteiger partial charge on any atom is 0.311 e. The van der Waals surface area contributed by atoms with E-state index in [-0.39, 0.29) is 37.9 Å². The maximum absolute atomic E-state index is 14.5. The van der Waals surface area contributed by atoms with Crippen LogP contribution in [-0.2, 0) is 46.2 Å². The first-order chi connectivity index (χ1) is 35.3. The van der Waals surface area contributed by atoms with Crippen molar-refractivity contribution in [3.05, 3.63) is 48.1 Å². The molecule has 4 aliphatic rings. The van der Waals surface area contributed by atoms with E-state index in [2.05, 4.69) is 26.2 Å². The quantitative estimate of drug-likeness (QED) is 0.0834. The first kappa shape index (κ1) is 60.6. The molecule has 22 nitrogen and oxygen atoms in total. The average Bonchev–Trinajstić information content (AvgIpc) is 4.06. The molecule has 0 amide bonds. The third-order valence-electron chi connectivity index (χ3n) is 16.1. The van der Waals surface area contributed by atoms with E-state index in [0.717, 1.165) is 17.1 Å². The number of likely N-dealkylation sites (N-methyl/N-ethyl adjacent to an activating group) is 2. The molecule has 1 aromatic carbocycles. The van der Waals surface area contributed by atoms with Gasteiger partial charge in [-0.15, -0.1) is 10.6 Å². The lowest BCUT2D eigenvalue weighted by atomic mass is 9.77. The van der Waals surface area contributed by atoms with Crippen molar-refractivity contribution >= 4 is 11.7 Å². The molecule has 2 aromatic rings. The van der Waals surface area contributed by atoms with Crippen molar-refractivity contribution in [2.75, 3.05) is 52.5 Å². The Morgan fingerprint density at radius 2 is 1.68 bits per heavy atom. The lowest BCUT2D eigenvalue weighted by Crippen LogP contribution is -2.61. The molecule has 1 aromatic heterocycles. The summed E-state index contributed by atoms with van der Waals surface area (Å²) in [5, 5.41) is 79.6. The van der Waals surface area contributed by atoms with Crippen molar-refractivity contribution in [2.24, 2.45) is 17.8 Å². The number of hydrogen-bond donors (Lipinski definition) is 8. The van der Waals surface area contributed by atoms with Gasteiger partial charge in [0.2, 0.25) is 0 Å². The number of carbonyl (C=O) groups is 1. The van der Waals surface area contributed by atoms with Crippen LogP contribution in [0.5, 0.6) is 5.75 Å². The lowest BCUT2D eigenvalue weighted by Gasteiger charge is -2.49. The van der Waals surface area contributed by atoms with Crippen LogP contribution in [0.2, 0.25) is 0 Å². The van der Waals surface area contributed by atoms with E-state index in [1.54, 1.807) is 57.4 Å². The predicted octanol–water partition coefficient (Wildman–Crippen LogP) is 2.24. The summed E-state index contributed by atoms with van der Waals surface area (Å²) in [5.74, 6) is -2.06. The maximum atomic E-state index is 14.5. The Labute approximate surface area is 443 Å². The smallest absolute Gasteiger partial charge is 0.311 e. The third-order valence-corrected chi connectivity index (χ3v) is 16.1. The Hall–Kier alpha value is -3.59. The molecule has 0 aliphatic carbocycles. The molecule has 426 valence electrons. The van der Waals surface area contributed by atoms with Gasteiger partial charge >= 0.3 is 5.97 Å². The second-order valence-corrected chi connectivity index (χ2v) is 22.5. The average molecular weight is 1060 g/mol. The molecule has 75 heavy (non-hydrogen) atoms. The van der Waals surface area contributed by atoms with E-state index in [1.807, 2.05) is 70.2 Å². The largest absolute Gasteiger partial charge is 0.494 e. The van der Waals surface area contributed by atoms with Gasteiger partial charge in [0.05, 0.1) is 71.8 Å². The fourth-order valence-corrected chi connectivity index (χ4v) is 11.4. The van der Waals surface area contributed by atoms with E-state index in [9.17, 15) is 35.4 Å². The summed E-state index contributed by atoms with van der Waals surface area (Å²) in [6, 6.07) is 6.61. The standard InChI is InChI=1S/C53H90N8O14/c1-14-42-53(10,68)46(64)35(6)59(12)27-31(2)25-51(8,67)48(33(4)45(34(5)49(66)73-42)74-43-26-52(9,69-13)47(65)36(7)72-43)75-50-44(63)41(24-32(3)71-50)58(11)22-20-37-28-60(56-54-37)21-15-23-70-40-18-16-39(17-19-40)61-29-38(30-62)55-57-61/h16-19,28-29,31-36,41-48,50,55,57,62-65,67-68H,14-15,20-27,30H2,1-13H3/t31-,32-,33+,34-,35-,36+,41+,42-,43?,44-,45+,46-,47+,48-,50+,51-,52-,53-/m1/s1. The highest BCUT2D eigenvalue weighted by Gasteiger charge is 2.53. The van der Waals surface area contributed by atoms with Gasteiger partial charge in [0.1, 0.15) is 35.8 Å². The number of ether oxygens (including phenoxy) is 7. The molecule has 0 spiro atoms. The number of aryl methyl sites for hydroxylation is 1. The summed E-state index contributed by atoms with van der Waals surface area (Å²) in [5.41, 5.74) is 3.66. The summed E-state index contributed by atoms with van der Waals surface area (Å²) in [6.07, 6.45) is -4.12. The van der Waals surface area contributed by atoms with Crippen LogP contribution < -0.4 is 20.7 Å². The molecular formula is C53H90N8O14. The van der Waals surface area contributed by atoms with Crippen LogP contribution in [0.3, 0.4) is 0 Å². The van der Waals surface area contributed by atoms with Crippen molar-refractivity contribution in [1.29, 1.82) is 0 Å². The molecule has 3 fully saturated rings. The number of cyclic esters (lactones) is 1. The predicted molar refractivity (Wildman–Crippen MR) is 277 cm³/mol. The number of methoxy groups -OCH3 is 1. The van der Waals surface area contributed by atoms with Gasteiger partial charge in [0.15, 0.2) is 12.6 Å².